The van der Waals surface area contributed by atoms with Crippen LogP contribution >= 0.6 is 11.3 Å². The summed E-state index contributed by atoms with van der Waals surface area (Å²) < 4.78 is 18.1. The van der Waals surface area contributed by atoms with Crippen molar-refractivity contribution in [3.63, 3.8) is 0 Å². The number of alkyl carbamates (subject to hydrolysis) is 1. The van der Waals surface area contributed by atoms with Gasteiger partial charge in [0.1, 0.15) is 17.4 Å². The zero-order chi connectivity index (χ0) is 17.5. The summed E-state index contributed by atoms with van der Waals surface area (Å²) in [6, 6.07) is 15.9. The summed E-state index contributed by atoms with van der Waals surface area (Å²) >= 11 is 1.51. The SMILES string of the molecule is O=C(NCc1ncc(Cc2ccc(F)cc2)s1)OCc1ccccc1. The number of nitrogens with one attached hydrogen (secondary N) is 1. The average molecular weight is 356 g/mol. The van der Waals surface area contributed by atoms with Crippen LogP contribution in [0.2, 0.25) is 0 Å². The van der Waals surface area contributed by atoms with Crippen LogP contribution in [0.25, 0.3) is 0 Å². The van der Waals surface area contributed by atoms with E-state index in [1.165, 1.54) is 23.5 Å². The van der Waals surface area contributed by atoms with Crippen LogP contribution in [-0.4, -0.2) is 11.1 Å². The van der Waals surface area contributed by atoms with Crippen molar-refractivity contribution in [1.82, 2.24) is 10.3 Å². The van der Waals surface area contributed by atoms with Crippen molar-refractivity contribution in [1.29, 1.82) is 0 Å². The maximum absolute atomic E-state index is 12.9. The lowest BCUT2D eigenvalue weighted by Crippen LogP contribution is -2.23. The predicted molar refractivity (Wildman–Crippen MR) is 94.8 cm³/mol. The number of ether oxygens (including phenoxy) is 1. The van der Waals surface area contributed by atoms with Gasteiger partial charge in [-0.1, -0.05) is 42.5 Å². The highest BCUT2D eigenvalue weighted by Crippen LogP contribution is 2.17. The molecule has 4 nitrogen and oxygen atoms in total. The Bertz CT molecular complexity index is 819. The molecule has 0 aliphatic carbocycles. The van der Waals surface area contributed by atoms with Crippen LogP contribution in [0.3, 0.4) is 0 Å². The molecule has 0 saturated heterocycles. The Kier molecular flexibility index (Phi) is 5.74. The molecule has 1 N–H and O–H groups in total. The zero-order valence-corrected chi connectivity index (χ0v) is 14.3. The van der Waals surface area contributed by atoms with Crippen molar-refractivity contribution in [2.24, 2.45) is 0 Å². The van der Waals surface area contributed by atoms with Gasteiger partial charge in [0.2, 0.25) is 0 Å². The van der Waals surface area contributed by atoms with E-state index in [9.17, 15) is 9.18 Å². The van der Waals surface area contributed by atoms with E-state index in [1.807, 2.05) is 30.3 Å². The maximum Gasteiger partial charge on any atom is 0.407 e. The Labute approximate surface area is 149 Å². The van der Waals surface area contributed by atoms with Crippen LogP contribution in [0.5, 0.6) is 0 Å². The second kappa shape index (κ2) is 8.39. The Balaban J connectivity index is 1.45. The van der Waals surface area contributed by atoms with Gasteiger partial charge in [-0.05, 0) is 23.3 Å². The summed E-state index contributed by atoms with van der Waals surface area (Å²) in [6.45, 7) is 0.558. The topological polar surface area (TPSA) is 51.2 Å². The number of rotatable bonds is 6. The molecule has 3 aromatic rings. The molecule has 1 amide bonds. The number of hydrogen-bond donors (Lipinski definition) is 1. The number of carbonyl (C=O) groups excluding carboxylic acids is 1. The lowest BCUT2D eigenvalue weighted by molar-refractivity contribution is 0.139. The van der Waals surface area contributed by atoms with Gasteiger partial charge >= 0.3 is 6.09 Å². The highest BCUT2D eigenvalue weighted by Gasteiger charge is 2.07. The molecule has 0 aliphatic heterocycles. The van der Waals surface area contributed by atoms with Gasteiger partial charge in [0.05, 0.1) is 6.54 Å². The summed E-state index contributed by atoms with van der Waals surface area (Å²) in [6.07, 6.45) is 2.00. The molecule has 0 saturated carbocycles. The molecule has 128 valence electrons. The summed E-state index contributed by atoms with van der Waals surface area (Å²) in [5.74, 6) is -0.244. The molecule has 3 rings (SSSR count). The highest BCUT2D eigenvalue weighted by atomic mass is 32.1. The summed E-state index contributed by atoms with van der Waals surface area (Å²) in [5.41, 5.74) is 1.96. The number of carbonyl (C=O) groups is 1. The van der Waals surface area contributed by atoms with Gasteiger partial charge in [0, 0.05) is 17.5 Å². The van der Waals surface area contributed by atoms with E-state index >= 15 is 0 Å². The molecule has 0 radical (unpaired) electrons. The molecule has 0 spiro atoms. The van der Waals surface area contributed by atoms with Crippen molar-refractivity contribution in [2.45, 2.75) is 19.6 Å². The van der Waals surface area contributed by atoms with E-state index in [2.05, 4.69) is 10.3 Å². The first kappa shape index (κ1) is 17.1. The molecular weight excluding hydrogens is 339 g/mol. The summed E-state index contributed by atoms with van der Waals surface area (Å²) in [4.78, 5) is 17.1. The third kappa shape index (κ3) is 5.39. The Morgan fingerprint density at radius 2 is 1.84 bits per heavy atom. The van der Waals surface area contributed by atoms with Gasteiger partial charge in [0.15, 0.2) is 0 Å². The first-order chi connectivity index (χ1) is 12.2. The summed E-state index contributed by atoms with van der Waals surface area (Å²) in [5, 5.41) is 3.49. The van der Waals surface area contributed by atoms with Crippen LogP contribution in [0.4, 0.5) is 9.18 Å². The predicted octanol–water partition coefficient (Wildman–Crippen LogP) is 4.30. The van der Waals surface area contributed by atoms with E-state index in [-0.39, 0.29) is 12.4 Å². The molecule has 2 aromatic carbocycles. The van der Waals surface area contributed by atoms with Crippen molar-refractivity contribution >= 4 is 17.4 Å². The van der Waals surface area contributed by atoms with E-state index in [0.29, 0.717) is 13.0 Å². The third-order valence-corrected chi connectivity index (χ3v) is 4.49. The molecule has 0 unspecified atom stereocenters. The molecule has 1 heterocycles. The van der Waals surface area contributed by atoms with Crippen LogP contribution in [0.15, 0.2) is 60.8 Å². The van der Waals surface area contributed by atoms with Gasteiger partial charge in [-0.15, -0.1) is 11.3 Å². The monoisotopic (exact) mass is 356 g/mol. The Hall–Kier alpha value is -2.73. The van der Waals surface area contributed by atoms with Crippen molar-refractivity contribution in [3.8, 4) is 0 Å². The normalized spacial score (nSPS) is 10.4. The number of benzene rings is 2. The second-order valence-corrected chi connectivity index (χ2v) is 6.64. The highest BCUT2D eigenvalue weighted by molar-refractivity contribution is 7.11. The number of aromatic nitrogens is 1. The smallest absolute Gasteiger partial charge is 0.407 e. The van der Waals surface area contributed by atoms with Crippen LogP contribution in [-0.2, 0) is 24.3 Å². The minimum Gasteiger partial charge on any atom is -0.445 e. The number of hydrogen-bond acceptors (Lipinski definition) is 4. The fourth-order valence-electron chi connectivity index (χ4n) is 2.24. The minimum atomic E-state index is -0.473. The first-order valence-corrected chi connectivity index (χ1v) is 8.63. The lowest BCUT2D eigenvalue weighted by Gasteiger charge is -2.05. The van der Waals surface area contributed by atoms with Crippen molar-refractivity contribution in [3.05, 3.63) is 87.6 Å². The quantitative estimate of drug-likeness (QED) is 0.716. The van der Waals surface area contributed by atoms with Crippen LogP contribution < -0.4 is 5.32 Å². The standard InChI is InChI=1S/C19H17FN2O2S/c20-16-8-6-14(7-9-16)10-17-11-21-18(25-17)12-22-19(23)24-13-15-4-2-1-3-5-15/h1-9,11H,10,12-13H2,(H,22,23). The van der Waals surface area contributed by atoms with Gasteiger partial charge in [0.25, 0.3) is 0 Å². The maximum atomic E-state index is 12.9. The lowest BCUT2D eigenvalue weighted by atomic mass is 10.1. The molecule has 25 heavy (non-hydrogen) atoms. The van der Waals surface area contributed by atoms with Crippen molar-refractivity contribution in [2.75, 3.05) is 0 Å². The Morgan fingerprint density at radius 3 is 2.60 bits per heavy atom. The van der Waals surface area contributed by atoms with E-state index < -0.39 is 6.09 Å². The first-order valence-electron chi connectivity index (χ1n) is 7.81. The van der Waals surface area contributed by atoms with Gasteiger partial charge in [-0.25, -0.2) is 14.2 Å². The van der Waals surface area contributed by atoms with Crippen LogP contribution in [0.1, 0.15) is 21.0 Å². The molecule has 0 aliphatic rings. The van der Waals surface area contributed by atoms with Gasteiger partial charge < -0.3 is 10.1 Å². The largest absolute Gasteiger partial charge is 0.445 e. The second-order valence-electron chi connectivity index (χ2n) is 5.44. The average Bonchev–Trinajstić information content (AvgIpc) is 3.08. The summed E-state index contributed by atoms with van der Waals surface area (Å²) in [7, 11) is 0. The molecular formula is C19H17FN2O2S. The third-order valence-electron chi connectivity index (χ3n) is 3.49. The molecule has 1 aromatic heterocycles. The van der Waals surface area contributed by atoms with E-state index in [4.69, 9.17) is 4.74 Å². The number of amides is 1. The molecule has 6 heteroatoms. The van der Waals surface area contributed by atoms with E-state index in [1.54, 1.807) is 18.3 Å². The fourth-order valence-corrected chi connectivity index (χ4v) is 3.13. The fraction of sp³-hybridized carbons (Fsp3) is 0.158. The minimum absolute atomic E-state index is 0.236. The number of thiazole rings is 1. The molecule has 0 fully saturated rings. The van der Waals surface area contributed by atoms with Crippen LogP contribution in [0, 0.1) is 5.82 Å². The van der Waals surface area contributed by atoms with E-state index in [0.717, 1.165) is 21.0 Å². The van der Waals surface area contributed by atoms with Gasteiger partial charge in [-0.3, -0.25) is 0 Å². The Morgan fingerprint density at radius 1 is 1.08 bits per heavy atom. The number of halogens is 1. The number of nitrogens with zero attached hydrogens (tertiary/aromatic N) is 1. The molecule has 0 bridgehead atoms. The van der Waals surface area contributed by atoms with Gasteiger partial charge in [-0.2, -0.15) is 0 Å². The molecule has 0 atom stereocenters. The zero-order valence-electron chi connectivity index (χ0n) is 13.4. The van der Waals surface area contributed by atoms with Crippen molar-refractivity contribution < 1.29 is 13.9 Å².